The molecule has 0 fully saturated rings. The van der Waals surface area contributed by atoms with E-state index in [4.69, 9.17) is 14.2 Å². The van der Waals surface area contributed by atoms with Crippen molar-refractivity contribution in [2.75, 3.05) is 13.2 Å². The first-order chi connectivity index (χ1) is 36.0. The van der Waals surface area contributed by atoms with Crippen molar-refractivity contribution in [3.05, 3.63) is 158 Å². The molecule has 6 heteroatoms. The van der Waals surface area contributed by atoms with E-state index in [1.165, 1.54) is 12.8 Å². The summed E-state index contributed by atoms with van der Waals surface area (Å²) >= 11 is 0. The van der Waals surface area contributed by atoms with Crippen LogP contribution in [0.15, 0.2) is 158 Å². The lowest BCUT2D eigenvalue weighted by molar-refractivity contribution is -0.167. The highest BCUT2D eigenvalue weighted by Crippen LogP contribution is 2.13. The highest BCUT2D eigenvalue weighted by atomic mass is 16.6. The Labute approximate surface area is 448 Å². The molecule has 0 bridgehead atoms. The molecule has 0 aliphatic rings. The molecule has 0 rings (SSSR count). The van der Waals surface area contributed by atoms with Crippen LogP contribution >= 0.6 is 0 Å². The predicted molar refractivity (Wildman–Crippen MR) is 315 cm³/mol. The highest BCUT2D eigenvalue weighted by Gasteiger charge is 2.19. The molecular formula is C67H104O6. The Bertz CT molecular complexity index is 1670. The fourth-order valence-electron chi connectivity index (χ4n) is 7.27. The second-order valence-corrected chi connectivity index (χ2v) is 18.4. The van der Waals surface area contributed by atoms with E-state index in [1.807, 2.05) is 0 Å². The van der Waals surface area contributed by atoms with Crippen LogP contribution in [0.4, 0.5) is 0 Å². The molecule has 0 aromatic carbocycles. The van der Waals surface area contributed by atoms with Crippen molar-refractivity contribution in [1.82, 2.24) is 0 Å². The third-order valence-electron chi connectivity index (χ3n) is 11.5. The summed E-state index contributed by atoms with van der Waals surface area (Å²) in [6.45, 7) is 6.22. The summed E-state index contributed by atoms with van der Waals surface area (Å²) in [4.78, 5) is 38.2. The number of unbranched alkanes of at least 4 members (excludes halogenated alkanes) is 13. The summed E-state index contributed by atoms with van der Waals surface area (Å²) in [5, 5.41) is 0. The Morgan fingerprint density at radius 2 is 0.493 bits per heavy atom. The third-order valence-corrected chi connectivity index (χ3v) is 11.5. The standard InChI is InChI=1S/C67H104O6/c1-4-7-10-13-16-19-22-25-28-30-32-33-35-36-39-42-45-48-51-54-57-60-66(69)72-63-64(62-71-65(68)59-56-53-50-47-44-41-38-27-24-21-18-15-12-9-6-3)73-67(70)61-58-55-52-49-46-43-40-37-34-31-29-26-23-20-17-14-11-8-5-2/h7-12,16-21,25-29,32-34,36-39,45,48,64H,4-6,13-15,22-24,30-31,35,40-44,46-47,49-63H2,1-3H3/b10-7-,11-8-,12-9-,19-16-,20-17-,21-18-,28-25-,29-26-,33-32-,37-34-,38-27-,39-36-,48-45-. The van der Waals surface area contributed by atoms with Gasteiger partial charge in [0.15, 0.2) is 6.10 Å². The smallest absolute Gasteiger partial charge is 0.306 e. The summed E-state index contributed by atoms with van der Waals surface area (Å²) in [5.74, 6) is -0.996. The molecule has 0 aromatic heterocycles. The number of hydrogen-bond donors (Lipinski definition) is 0. The Hall–Kier alpha value is -4.97. The second kappa shape index (κ2) is 59.6. The van der Waals surface area contributed by atoms with Crippen LogP contribution in [0, 0.1) is 0 Å². The average Bonchev–Trinajstić information content (AvgIpc) is 3.39. The van der Waals surface area contributed by atoms with Gasteiger partial charge in [-0.25, -0.2) is 0 Å². The van der Waals surface area contributed by atoms with E-state index < -0.39 is 6.10 Å². The van der Waals surface area contributed by atoms with Gasteiger partial charge in [-0.15, -0.1) is 0 Å². The van der Waals surface area contributed by atoms with Crippen molar-refractivity contribution in [2.24, 2.45) is 0 Å². The summed E-state index contributed by atoms with van der Waals surface area (Å²) in [6, 6.07) is 0. The van der Waals surface area contributed by atoms with Crippen LogP contribution in [0.5, 0.6) is 0 Å². The highest BCUT2D eigenvalue weighted by molar-refractivity contribution is 5.71. The van der Waals surface area contributed by atoms with Crippen LogP contribution in [0.1, 0.15) is 226 Å². The lowest BCUT2D eigenvalue weighted by atomic mass is 10.1. The average molecular weight is 1010 g/mol. The zero-order valence-corrected chi connectivity index (χ0v) is 46.6. The Kier molecular flexibility index (Phi) is 55.5. The third kappa shape index (κ3) is 57.8. The molecule has 0 aromatic rings. The van der Waals surface area contributed by atoms with Gasteiger partial charge in [0.05, 0.1) is 0 Å². The Morgan fingerprint density at radius 3 is 0.795 bits per heavy atom. The van der Waals surface area contributed by atoms with Crippen LogP contribution < -0.4 is 0 Å². The van der Waals surface area contributed by atoms with Crippen molar-refractivity contribution in [3.63, 3.8) is 0 Å². The molecule has 1 unspecified atom stereocenters. The molecule has 0 aliphatic heterocycles. The topological polar surface area (TPSA) is 78.9 Å². The van der Waals surface area contributed by atoms with Gasteiger partial charge in [-0.2, -0.15) is 0 Å². The molecular weight excluding hydrogens is 901 g/mol. The molecule has 0 spiro atoms. The molecule has 0 N–H and O–H groups in total. The molecule has 1 atom stereocenters. The second-order valence-electron chi connectivity index (χ2n) is 18.4. The molecule has 6 nitrogen and oxygen atoms in total. The van der Waals surface area contributed by atoms with Gasteiger partial charge in [-0.3, -0.25) is 14.4 Å². The van der Waals surface area contributed by atoms with Crippen molar-refractivity contribution in [3.8, 4) is 0 Å². The predicted octanol–water partition coefficient (Wildman–Crippen LogP) is 19.8. The molecule has 0 aliphatic carbocycles. The first-order valence-electron chi connectivity index (χ1n) is 29.0. The number of carbonyl (C=O) groups excluding carboxylic acids is 3. The molecule has 0 saturated heterocycles. The van der Waals surface area contributed by atoms with E-state index >= 15 is 0 Å². The van der Waals surface area contributed by atoms with Crippen LogP contribution in [-0.2, 0) is 28.6 Å². The Morgan fingerprint density at radius 1 is 0.274 bits per heavy atom. The minimum absolute atomic E-state index is 0.114. The van der Waals surface area contributed by atoms with Gasteiger partial charge in [0.2, 0.25) is 0 Å². The maximum atomic E-state index is 12.9. The van der Waals surface area contributed by atoms with Crippen molar-refractivity contribution in [1.29, 1.82) is 0 Å². The van der Waals surface area contributed by atoms with Crippen molar-refractivity contribution < 1.29 is 28.6 Å². The van der Waals surface area contributed by atoms with E-state index in [2.05, 4.69) is 179 Å². The van der Waals surface area contributed by atoms with Crippen molar-refractivity contribution >= 4 is 17.9 Å². The number of carbonyl (C=O) groups is 3. The van der Waals surface area contributed by atoms with Gasteiger partial charge in [-0.05, 0) is 141 Å². The van der Waals surface area contributed by atoms with Crippen LogP contribution in [0.25, 0.3) is 0 Å². The maximum Gasteiger partial charge on any atom is 0.306 e. The molecule has 0 saturated carbocycles. The van der Waals surface area contributed by atoms with E-state index in [0.717, 1.165) is 167 Å². The molecule has 0 amide bonds. The van der Waals surface area contributed by atoms with Gasteiger partial charge in [0.25, 0.3) is 0 Å². The summed E-state index contributed by atoms with van der Waals surface area (Å²) in [7, 11) is 0. The lowest BCUT2D eigenvalue weighted by Crippen LogP contribution is -2.30. The fraction of sp³-hybridized carbons (Fsp3) is 0.567. The molecule has 73 heavy (non-hydrogen) atoms. The van der Waals surface area contributed by atoms with E-state index in [1.54, 1.807) is 0 Å². The molecule has 0 radical (unpaired) electrons. The zero-order valence-electron chi connectivity index (χ0n) is 46.6. The van der Waals surface area contributed by atoms with Gasteiger partial charge < -0.3 is 14.2 Å². The Balaban J connectivity index is 4.55. The van der Waals surface area contributed by atoms with Crippen LogP contribution in [-0.4, -0.2) is 37.2 Å². The van der Waals surface area contributed by atoms with Gasteiger partial charge in [-0.1, -0.05) is 224 Å². The summed E-state index contributed by atoms with van der Waals surface area (Å²) < 4.78 is 16.8. The lowest BCUT2D eigenvalue weighted by Gasteiger charge is -2.18. The molecule has 408 valence electrons. The summed E-state index contributed by atoms with van der Waals surface area (Å²) in [6.07, 6.45) is 86.6. The largest absolute Gasteiger partial charge is 0.462 e. The van der Waals surface area contributed by atoms with Crippen LogP contribution in [0.3, 0.4) is 0 Å². The number of rotatable bonds is 50. The molecule has 0 heterocycles. The number of esters is 3. The normalized spacial score (nSPS) is 13.3. The van der Waals surface area contributed by atoms with Gasteiger partial charge >= 0.3 is 17.9 Å². The van der Waals surface area contributed by atoms with Crippen LogP contribution in [0.2, 0.25) is 0 Å². The zero-order chi connectivity index (χ0) is 52.9. The number of allylic oxidation sites excluding steroid dienone is 26. The SMILES string of the molecule is CC/C=C\C/C=C\C/C=C\C/C=C\C/C=C\C/C=C\CCCCC(=O)OCC(COC(=O)CCCCCCC/C=C\C/C=C\C/C=C\CC)OC(=O)CCCCCCCC/C=C\C/C=C\C/C=C\C/C=C\CC. The fourth-order valence-corrected chi connectivity index (χ4v) is 7.27. The van der Waals surface area contributed by atoms with Gasteiger partial charge in [0, 0.05) is 19.3 Å². The maximum absolute atomic E-state index is 12.9. The van der Waals surface area contributed by atoms with Crippen molar-refractivity contribution in [2.45, 2.75) is 232 Å². The quantitative estimate of drug-likeness (QED) is 0.0261. The number of hydrogen-bond acceptors (Lipinski definition) is 6. The van der Waals surface area contributed by atoms with E-state index in [-0.39, 0.29) is 37.5 Å². The minimum atomic E-state index is -0.820. The number of ether oxygens (including phenoxy) is 3. The minimum Gasteiger partial charge on any atom is -0.462 e. The van der Waals surface area contributed by atoms with E-state index in [0.29, 0.717) is 19.3 Å². The first kappa shape index (κ1) is 68.0. The monoisotopic (exact) mass is 1000 g/mol. The van der Waals surface area contributed by atoms with E-state index in [9.17, 15) is 14.4 Å². The first-order valence-corrected chi connectivity index (χ1v) is 29.0. The summed E-state index contributed by atoms with van der Waals surface area (Å²) in [5.41, 5.74) is 0. The van der Waals surface area contributed by atoms with Gasteiger partial charge in [0.1, 0.15) is 13.2 Å².